The zero-order chi connectivity index (χ0) is 15.6. The normalized spacial score (nSPS) is 15.1. The van der Waals surface area contributed by atoms with Crippen LogP contribution in [0, 0.1) is 5.92 Å². The number of nitrogens with zero attached hydrogens (tertiary/aromatic N) is 1. The molecule has 1 amide bonds. The van der Waals surface area contributed by atoms with Gasteiger partial charge in [0.15, 0.2) is 5.13 Å². The van der Waals surface area contributed by atoms with E-state index in [-0.39, 0.29) is 11.8 Å². The molecule has 0 atom stereocenters. The molecule has 3 aromatic rings. The van der Waals surface area contributed by atoms with Crippen molar-refractivity contribution in [3.63, 3.8) is 0 Å². The van der Waals surface area contributed by atoms with Gasteiger partial charge in [-0.25, -0.2) is 4.98 Å². The Labute approximate surface area is 139 Å². The van der Waals surface area contributed by atoms with Crippen molar-refractivity contribution in [1.29, 1.82) is 0 Å². The van der Waals surface area contributed by atoms with Crippen LogP contribution in [-0.2, 0) is 4.79 Å². The molecule has 1 aliphatic rings. The molecule has 1 aliphatic carbocycles. The molecule has 0 radical (unpaired) electrons. The third-order valence-electron chi connectivity index (χ3n) is 4.53. The topological polar surface area (TPSA) is 42.0 Å². The van der Waals surface area contributed by atoms with Gasteiger partial charge in [-0.1, -0.05) is 55.3 Å². The summed E-state index contributed by atoms with van der Waals surface area (Å²) in [6, 6.07) is 14.5. The van der Waals surface area contributed by atoms with Crippen LogP contribution in [0.3, 0.4) is 0 Å². The van der Waals surface area contributed by atoms with E-state index in [0.717, 1.165) is 36.9 Å². The van der Waals surface area contributed by atoms with Gasteiger partial charge >= 0.3 is 0 Å². The summed E-state index contributed by atoms with van der Waals surface area (Å²) >= 11 is 1.50. The number of thiazole rings is 1. The lowest BCUT2D eigenvalue weighted by Crippen LogP contribution is -2.20. The van der Waals surface area contributed by atoms with Crippen molar-refractivity contribution < 1.29 is 4.79 Å². The first kappa shape index (κ1) is 14.4. The summed E-state index contributed by atoms with van der Waals surface area (Å²) < 4.78 is 0. The highest BCUT2D eigenvalue weighted by Crippen LogP contribution is 2.32. The van der Waals surface area contributed by atoms with Crippen LogP contribution in [0.4, 0.5) is 5.13 Å². The number of anilines is 1. The molecule has 2 aromatic carbocycles. The lowest BCUT2D eigenvalue weighted by Gasteiger charge is -2.07. The molecule has 1 saturated carbocycles. The molecule has 3 nitrogen and oxygen atoms in total. The number of benzene rings is 2. The monoisotopic (exact) mass is 322 g/mol. The van der Waals surface area contributed by atoms with E-state index in [1.165, 1.54) is 22.1 Å². The molecule has 1 fully saturated rings. The molecule has 4 heteroatoms. The van der Waals surface area contributed by atoms with Crippen molar-refractivity contribution in [3.05, 3.63) is 47.8 Å². The third kappa shape index (κ3) is 2.86. The highest BCUT2D eigenvalue weighted by Gasteiger charge is 2.23. The quantitative estimate of drug-likeness (QED) is 0.729. The first-order valence-electron chi connectivity index (χ1n) is 8.06. The second-order valence-electron chi connectivity index (χ2n) is 6.04. The number of carbonyl (C=O) groups excluding carboxylic acids is 1. The third-order valence-corrected chi connectivity index (χ3v) is 5.28. The molecule has 4 rings (SSSR count). The molecular formula is C19H18N2OS. The smallest absolute Gasteiger partial charge is 0.229 e. The Balaban J connectivity index is 1.61. The first-order chi connectivity index (χ1) is 11.3. The van der Waals surface area contributed by atoms with E-state index in [1.54, 1.807) is 0 Å². The summed E-state index contributed by atoms with van der Waals surface area (Å²) in [5.74, 6) is 0.293. The summed E-state index contributed by atoms with van der Waals surface area (Å²) in [6.07, 6.45) is 4.34. The fourth-order valence-electron chi connectivity index (χ4n) is 3.30. The molecule has 0 saturated heterocycles. The van der Waals surface area contributed by atoms with E-state index in [9.17, 15) is 4.79 Å². The Hall–Kier alpha value is -2.20. The lowest BCUT2D eigenvalue weighted by atomic mass is 10.0. The fraction of sp³-hybridized carbons (Fsp3) is 0.263. The summed E-state index contributed by atoms with van der Waals surface area (Å²) in [7, 11) is 0. The number of hydrogen-bond donors (Lipinski definition) is 1. The molecule has 0 bridgehead atoms. The first-order valence-corrected chi connectivity index (χ1v) is 8.94. The minimum atomic E-state index is 0.126. The minimum Gasteiger partial charge on any atom is -0.302 e. The van der Waals surface area contributed by atoms with Crippen LogP contribution in [0.2, 0.25) is 0 Å². The molecule has 1 aromatic heterocycles. The minimum absolute atomic E-state index is 0.126. The largest absolute Gasteiger partial charge is 0.302 e. The van der Waals surface area contributed by atoms with Gasteiger partial charge in [-0.3, -0.25) is 4.79 Å². The van der Waals surface area contributed by atoms with E-state index in [1.807, 2.05) is 23.6 Å². The van der Waals surface area contributed by atoms with Gasteiger partial charge in [-0.2, -0.15) is 0 Å². The molecule has 116 valence electrons. The summed E-state index contributed by atoms with van der Waals surface area (Å²) in [5, 5.41) is 8.10. The molecule has 0 aliphatic heterocycles. The van der Waals surface area contributed by atoms with Crippen LogP contribution >= 0.6 is 11.3 Å². The fourth-order valence-corrected chi connectivity index (χ4v) is 4.01. The Kier molecular flexibility index (Phi) is 3.83. The van der Waals surface area contributed by atoms with Crippen molar-refractivity contribution in [2.24, 2.45) is 5.92 Å². The number of aromatic nitrogens is 1. The Morgan fingerprint density at radius 3 is 2.74 bits per heavy atom. The van der Waals surface area contributed by atoms with Gasteiger partial charge in [0.2, 0.25) is 5.91 Å². The highest BCUT2D eigenvalue weighted by atomic mass is 32.1. The average Bonchev–Trinajstić information content (AvgIpc) is 3.26. The van der Waals surface area contributed by atoms with Gasteiger partial charge in [0.05, 0.1) is 5.69 Å². The van der Waals surface area contributed by atoms with E-state index in [4.69, 9.17) is 0 Å². The van der Waals surface area contributed by atoms with Crippen LogP contribution in [0.1, 0.15) is 25.7 Å². The number of fused-ring (bicyclic) bond motifs is 1. The molecule has 0 spiro atoms. The van der Waals surface area contributed by atoms with Gasteiger partial charge in [0, 0.05) is 16.9 Å². The van der Waals surface area contributed by atoms with Crippen molar-refractivity contribution in [2.45, 2.75) is 25.7 Å². The molecule has 0 unspecified atom stereocenters. The van der Waals surface area contributed by atoms with Crippen molar-refractivity contribution in [1.82, 2.24) is 4.98 Å². The van der Waals surface area contributed by atoms with Gasteiger partial charge < -0.3 is 5.32 Å². The summed E-state index contributed by atoms with van der Waals surface area (Å²) in [5.41, 5.74) is 2.04. The highest BCUT2D eigenvalue weighted by molar-refractivity contribution is 7.14. The van der Waals surface area contributed by atoms with Crippen LogP contribution in [0.25, 0.3) is 22.0 Å². The van der Waals surface area contributed by atoms with Gasteiger partial charge in [-0.15, -0.1) is 11.3 Å². The zero-order valence-corrected chi connectivity index (χ0v) is 13.6. The van der Waals surface area contributed by atoms with Gasteiger partial charge in [-0.05, 0) is 23.6 Å². The van der Waals surface area contributed by atoms with Crippen LogP contribution < -0.4 is 5.32 Å². The van der Waals surface area contributed by atoms with Crippen LogP contribution in [-0.4, -0.2) is 10.9 Å². The lowest BCUT2D eigenvalue weighted by molar-refractivity contribution is -0.119. The predicted octanol–water partition coefficient (Wildman–Crippen LogP) is 5.09. The van der Waals surface area contributed by atoms with E-state index < -0.39 is 0 Å². The zero-order valence-electron chi connectivity index (χ0n) is 12.8. The maximum Gasteiger partial charge on any atom is 0.229 e. The Morgan fingerprint density at radius 1 is 1.09 bits per heavy atom. The maximum atomic E-state index is 12.2. The van der Waals surface area contributed by atoms with Crippen LogP contribution in [0.5, 0.6) is 0 Å². The number of hydrogen-bond acceptors (Lipinski definition) is 3. The SMILES string of the molecule is O=C(Nc1nc(-c2cccc3ccccc23)cs1)C1CCCC1. The standard InChI is InChI=1S/C19H18N2OS/c22-18(14-7-1-2-8-14)21-19-20-17(12-23-19)16-11-5-9-13-6-3-4-10-15(13)16/h3-6,9-12,14H,1-2,7-8H2,(H,20,21,22). The second-order valence-corrected chi connectivity index (χ2v) is 6.89. The van der Waals surface area contributed by atoms with E-state index >= 15 is 0 Å². The summed E-state index contributed by atoms with van der Waals surface area (Å²) in [6.45, 7) is 0. The van der Waals surface area contributed by atoms with Gasteiger partial charge in [0.25, 0.3) is 0 Å². The number of carbonyl (C=O) groups is 1. The maximum absolute atomic E-state index is 12.2. The van der Waals surface area contributed by atoms with Crippen molar-refractivity contribution in [3.8, 4) is 11.3 Å². The number of rotatable bonds is 3. The number of amides is 1. The second kappa shape index (κ2) is 6.13. The average molecular weight is 322 g/mol. The van der Waals surface area contributed by atoms with Crippen LogP contribution in [0.15, 0.2) is 47.8 Å². The van der Waals surface area contributed by atoms with Crippen molar-refractivity contribution in [2.75, 3.05) is 5.32 Å². The molecule has 1 N–H and O–H groups in total. The number of nitrogens with one attached hydrogen (secondary N) is 1. The van der Waals surface area contributed by atoms with E-state index in [0.29, 0.717) is 5.13 Å². The van der Waals surface area contributed by atoms with E-state index in [2.05, 4.69) is 34.6 Å². The van der Waals surface area contributed by atoms with Gasteiger partial charge in [0.1, 0.15) is 0 Å². The molecular weight excluding hydrogens is 304 g/mol. The summed E-state index contributed by atoms with van der Waals surface area (Å²) in [4.78, 5) is 16.9. The Morgan fingerprint density at radius 2 is 1.87 bits per heavy atom. The molecule has 1 heterocycles. The van der Waals surface area contributed by atoms with Crippen molar-refractivity contribution >= 4 is 33.1 Å². The molecule has 23 heavy (non-hydrogen) atoms. The predicted molar refractivity (Wildman–Crippen MR) is 95.6 cm³/mol. The Bertz CT molecular complexity index is 844.